The maximum absolute atomic E-state index is 14.0. The highest BCUT2D eigenvalue weighted by Gasteiger charge is 2.44. The molecule has 8 heteroatoms. The lowest BCUT2D eigenvalue weighted by Gasteiger charge is -2.35. The maximum Gasteiger partial charge on any atom is 0.337 e. The molecule has 1 aromatic heterocycles. The van der Waals surface area contributed by atoms with Crippen molar-refractivity contribution < 1.29 is 14.3 Å². The van der Waals surface area contributed by atoms with E-state index in [0.717, 1.165) is 34.4 Å². The molecule has 0 radical (unpaired) electrons. The summed E-state index contributed by atoms with van der Waals surface area (Å²) in [5.41, 5.74) is 12.3. The van der Waals surface area contributed by atoms with Gasteiger partial charge in [-0.05, 0) is 63.3 Å². The summed E-state index contributed by atoms with van der Waals surface area (Å²) in [6.45, 7) is 11.3. The number of fused-ring (bicyclic) bond motifs is 2. The molecule has 3 heterocycles. The Balaban J connectivity index is 2.00. The van der Waals surface area contributed by atoms with Crippen LogP contribution in [0.1, 0.15) is 65.0 Å². The summed E-state index contributed by atoms with van der Waals surface area (Å²) in [6, 6.07) is 9.97. The highest BCUT2D eigenvalue weighted by molar-refractivity contribution is 7.99. The third-order valence-electron chi connectivity index (χ3n) is 6.81. The van der Waals surface area contributed by atoms with Gasteiger partial charge in [0.15, 0.2) is 0 Å². The van der Waals surface area contributed by atoms with E-state index in [9.17, 15) is 14.9 Å². The standard InChI is InChI=1S/C28H30N4O3S/c1-7-18-8-10-19(11-9-18)23-20(12-29)25(30)32-21(24(23)28(34)35-14(2)3)13-36-26-22(27(32)33)16(5)15(4)17(6)31-26/h8-11,14,23H,7,13,30H2,1-6H3. The molecule has 36 heavy (non-hydrogen) atoms. The number of carbonyl (C=O) groups excluding carboxylic acids is 2. The third-order valence-corrected chi connectivity index (χ3v) is 7.79. The fraction of sp³-hybridized carbons (Fsp3) is 0.357. The van der Waals surface area contributed by atoms with Crippen LogP contribution in [-0.2, 0) is 16.0 Å². The first-order valence-corrected chi connectivity index (χ1v) is 13.0. The summed E-state index contributed by atoms with van der Waals surface area (Å²) in [4.78, 5) is 33.6. The van der Waals surface area contributed by atoms with Gasteiger partial charge in [-0.3, -0.25) is 9.69 Å². The Bertz CT molecular complexity index is 1370. The van der Waals surface area contributed by atoms with Gasteiger partial charge < -0.3 is 10.5 Å². The summed E-state index contributed by atoms with van der Waals surface area (Å²) in [5, 5.41) is 10.8. The average molecular weight is 503 g/mol. The topological polar surface area (TPSA) is 109 Å². The van der Waals surface area contributed by atoms with Crippen molar-refractivity contribution in [3.8, 4) is 6.07 Å². The van der Waals surface area contributed by atoms with E-state index in [4.69, 9.17) is 10.5 Å². The van der Waals surface area contributed by atoms with Gasteiger partial charge in [-0.25, -0.2) is 9.78 Å². The van der Waals surface area contributed by atoms with Crippen LogP contribution in [0, 0.1) is 32.1 Å². The molecule has 0 bridgehead atoms. The highest BCUT2D eigenvalue weighted by atomic mass is 32.2. The van der Waals surface area contributed by atoms with Crippen molar-refractivity contribution in [2.24, 2.45) is 5.73 Å². The minimum absolute atomic E-state index is 0.0363. The molecule has 2 aliphatic heterocycles. The minimum atomic E-state index is -0.745. The molecule has 1 aromatic carbocycles. The van der Waals surface area contributed by atoms with E-state index in [2.05, 4.69) is 18.0 Å². The van der Waals surface area contributed by atoms with Crippen molar-refractivity contribution in [2.75, 3.05) is 5.75 Å². The van der Waals surface area contributed by atoms with Crippen LogP contribution < -0.4 is 5.73 Å². The first-order valence-electron chi connectivity index (χ1n) is 12.0. The smallest absolute Gasteiger partial charge is 0.337 e. The largest absolute Gasteiger partial charge is 0.460 e. The molecule has 0 spiro atoms. The van der Waals surface area contributed by atoms with E-state index in [1.54, 1.807) is 13.8 Å². The first-order chi connectivity index (χ1) is 17.1. The van der Waals surface area contributed by atoms with Crippen molar-refractivity contribution >= 4 is 23.6 Å². The molecule has 186 valence electrons. The van der Waals surface area contributed by atoms with Crippen LogP contribution in [0.5, 0.6) is 0 Å². The van der Waals surface area contributed by atoms with Crippen LogP contribution in [-0.4, -0.2) is 33.6 Å². The number of amides is 1. The summed E-state index contributed by atoms with van der Waals surface area (Å²) < 4.78 is 5.65. The molecule has 7 nitrogen and oxygen atoms in total. The van der Waals surface area contributed by atoms with Gasteiger partial charge in [0.2, 0.25) is 0 Å². The number of hydrogen-bond donors (Lipinski definition) is 1. The summed E-state index contributed by atoms with van der Waals surface area (Å²) >= 11 is 1.39. The van der Waals surface area contributed by atoms with E-state index in [-0.39, 0.29) is 28.8 Å². The maximum atomic E-state index is 14.0. The number of thioether (sulfide) groups is 1. The number of ether oxygens (including phenoxy) is 1. The number of rotatable bonds is 4. The number of nitrogens with two attached hydrogens (primary N) is 1. The van der Waals surface area contributed by atoms with Crippen LogP contribution in [0.3, 0.4) is 0 Å². The number of hydrogen-bond acceptors (Lipinski definition) is 7. The number of aromatic nitrogens is 1. The molecule has 0 saturated carbocycles. The molecule has 1 atom stereocenters. The van der Waals surface area contributed by atoms with Crippen LogP contribution in [0.2, 0.25) is 0 Å². The number of esters is 1. The third kappa shape index (κ3) is 4.18. The zero-order valence-corrected chi connectivity index (χ0v) is 22.2. The number of nitriles is 1. The van der Waals surface area contributed by atoms with Crippen LogP contribution in [0.4, 0.5) is 0 Å². The van der Waals surface area contributed by atoms with Gasteiger partial charge in [0.05, 0.1) is 34.8 Å². The molecule has 4 rings (SSSR count). The van der Waals surface area contributed by atoms with Gasteiger partial charge in [0.25, 0.3) is 5.91 Å². The Labute approximate surface area is 216 Å². The molecule has 0 saturated heterocycles. The van der Waals surface area contributed by atoms with Gasteiger partial charge in [-0.1, -0.05) is 43.0 Å². The molecule has 0 fully saturated rings. The minimum Gasteiger partial charge on any atom is -0.460 e. The van der Waals surface area contributed by atoms with Gasteiger partial charge in [0.1, 0.15) is 10.8 Å². The molecule has 2 aromatic rings. The molecule has 2 aliphatic rings. The van der Waals surface area contributed by atoms with E-state index in [1.807, 2.05) is 45.0 Å². The fourth-order valence-corrected chi connectivity index (χ4v) is 5.79. The SMILES string of the molecule is CCc1ccc(C2C(C#N)=C(N)N3C(=O)c4c(nc(C)c(C)c4C)SCC3=C2C(=O)OC(C)C)cc1. The van der Waals surface area contributed by atoms with E-state index in [1.165, 1.54) is 16.7 Å². The summed E-state index contributed by atoms with van der Waals surface area (Å²) in [7, 11) is 0. The average Bonchev–Trinajstić information content (AvgIpc) is 2.98. The number of carbonyl (C=O) groups is 2. The Morgan fingerprint density at radius 3 is 2.50 bits per heavy atom. The Kier molecular flexibility index (Phi) is 6.96. The molecule has 1 amide bonds. The van der Waals surface area contributed by atoms with Crippen molar-refractivity contribution in [1.29, 1.82) is 5.26 Å². The second-order valence-electron chi connectivity index (χ2n) is 9.31. The van der Waals surface area contributed by atoms with Crippen molar-refractivity contribution in [3.63, 3.8) is 0 Å². The first kappa shape index (κ1) is 25.5. The highest BCUT2D eigenvalue weighted by Crippen LogP contribution is 2.45. The zero-order chi connectivity index (χ0) is 26.3. The van der Waals surface area contributed by atoms with Gasteiger partial charge in [0, 0.05) is 17.1 Å². The molecule has 0 aliphatic carbocycles. The lowest BCUT2D eigenvalue weighted by Crippen LogP contribution is -2.41. The Morgan fingerprint density at radius 2 is 1.92 bits per heavy atom. The Hall–Kier alpha value is -3.57. The molecule has 2 N–H and O–H groups in total. The second kappa shape index (κ2) is 9.82. The van der Waals surface area contributed by atoms with Crippen LogP contribution in [0.15, 0.2) is 52.0 Å². The molecule has 1 unspecified atom stereocenters. The van der Waals surface area contributed by atoms with E-state index < -0.39 is 17.8 Å². The van der Waals surface area contributed by atoms with E-state index in [0.29, 0.717) is 16.3 Å². The van der Waals surface area contributed by atoms with Crippen LogP contribution >= 0.6 is 11.8 Å². The molecular formula is C28H30N4O3S. The number of pyridine rings is 1. The van der Waals surface area contributed by atoms with Gasteiger partial charge in [-0.15, -0.1) is 0 Å². The fourth-order valence-electron chi connectivity index (χ4n) is 4.65. The van der Waals surface area contributed by atoms with Gasteiger partial charge >= 0.3 is 5.97 Å². The van der Waals surface area contributed by atoms with E-state index >= 15 is 0 Å². The van der Waals surface area contributed by atoms with Crippen molar-refractivity contribution in [3.05, 3.63) is 80.4 Å². The van der Waals surface area contributed by atoms with Gasteiger partial charge in [-0.2, -0.15) is 5.26 Å². The Morgan fingerprint density at radius 1 is 1.25 bits per heavy atom. The lowest BCUT2D eigenvalue weighted by atomic mass is 9.80. The van der Waals surface area contributed by atoms with Crippen LogP contribution in [0.25, 0.3) is 0 Å². The van der Waals surface area contributed by atoms with Crippen molar-refractivity contribution in [1.82, 2.24) is 9.88 Å². The predicted octanol–water partition coefficient (Wildman–Crippen LogP) is 4.81. The second-order valence-corrected chi connectivity index (χ2v) is 10.3. The predicted molar refractivity (Wildman–Crippen MR) is 139 cm³/mol. The zero-order valence-electron chi connectivity index (χ0n) is 21.4. The number of allylic oxidation sites excluding steroid dienone is 1. The number of nitrogens with zero attached hydrogens (tertiary/aromatic N) is 3. The quantitative estimate of drug-likeness (QED) is 0.597. The molecular weight excluding hydrogens is 472 g/mol. The monoisotopic (exact) mass is 502 g/mol. The lowest BCUT2D eigenvalue weighted by molar-refractivity contribution is -0.143. The number of aryl methyl sites for hydroxylation is 2. The normalized spacial score (nSPS) is 17.6. The number of benzene rings is 1. The van der Waals surface area contributed by atoms with Crippen molar-refractivity contribution in [2.45, 2.75) is 65.0 Å². The summed E-state index contributed by atoms with van der Waals surface area (Å²) in [6.07, 6.45) is 0.483. The summed E-state index contributed by atoms with van der Waals surface area (Å²) in [5.74, 6) is -1.39.